The number of carboxylic acid groups (broad SMARTS) is 1. The Kier molecular flexibility index (Phi) is 1.97. The number of phenolic OH excluding ortho intramolecular Hbond substituents is 1. The van der Waals surface area contributed by atoms with Crippen molar-refractivity contribution in [3.05, 3.63) is 35.9 Å². The molecule has 2 aromatic rings. The molecule has 4 nitrogen and oxygen atoms in total. The van der Waals surface area contributed by atoms with Gasteiger partial charge in [-0.05, 0) is 17.5 Å². The van der Waals surface area contributed by atoms with Crippen molar-refractivity contribution in [3.8, 4) is 11.5 Å². The van der Waals surface area contributed by atoms with Gasteiger partial charge in [-0.1, -0.05) is 23.9 Å². The van der Waals surface area contributed by atoms with Crippen molar-refractivity contribution in [3.63, 3.8) is 0 Å². The zero-order valence-corrected chi connectivity index (χ0v) is 7.60. The molecule has 0 unspecified atom stereocenters. The number of hydrogen-bond donors (Lipinski definition) is 2. The topological polar surface area (TPSA) is 80.6 Å². The lowest BCUT2D eigenvalue weighted by atomic mass is 10.1. The Bertz CT molecular complexity index is 546. The van der Waals surface area contributed by atoms with Crippen LogP contribution in [0.4, 0.5) is 0 Å². The fourth-order valence-corrected chi connectivity index (χ4v) is 1.49. The summed E-state index contributed by atoms with van der Waals surface area (Å²) >= 11 is 0. The van der Waals surface area contributed by atoms with Crippen molar-refractivity contribution in [1.82, 2.24) is 0 Å². The minimum absolute atomic E-state index is 0.0365. The van der Waals surface area contributed by atoms with E-state index in [4.69, 9.17) is 5.11 Å². The van der Waals surface area contributed by atoms with Gasteiger partial charge in [-0.25, -0.2) is 4.79 Å². The molecular weight excluding hydrogens is 196 g/mol. The first-order valence-electron chi connectivity index (χ1n) is 4.25. The maximum absolute atomic E-state index is 11.4. The smallest absolute Gasteiger partial charge is 0.335 e. The van der Waals surface area contributed by atoms with E-state index in [1.54, 1.807) is 6.07 Å². The van der Waals surface area contributed by atoms with Crippen LogP contribution in [0, 0.1) is 0 Å². The average Bonchev–Trinajstić information content (AvgIpc) is 2.17. The molecule has 0 saturated heterocycles. The van der Waals surface area contributed by atoms with Gasteiger partial charge in [0.1, 0.15) is 5.75 Å². The highest BCUT2D eigenvalue weighted by Crippen LogP contribution is 2.31. The second-order valence-corrected chi connectivity index (χ2v) is 3.15. The summed E-state index contributed by atoms with van der Waals surface area (Å²) in [6.45, 7) is 0. The summed E-state index contributed by atoms with van der Waals surface area (Å²) in [7, 11) is 0. The van der Waals surface area contributed by atoms with Crippen LogP contribution in [0.5, 0.6) is 11.5 Å². The molecule has 0 aliphatic rings. The van der Waals surface area contributed by atoms with Crippen LogP contribution < -0.4 is 5.11 Å². The van der Waals surface area contributed by atoms with Crippen molar-refractivity contribution >= 4 is 16.7 Å². The van der Waals surface area contributed by atoms with Gasteiger partial charge in [0.05, 0.1) is 5.56 Å². The SMILES string of the molecule is O=C(O)c1cc(O)c2c([O-])cccc2c1. The second-order valence-electron chi connectivity index (χ2n) is 3.15. The second kappa shape index (κ2) is 3.16. The third kappa shape index (κ3) is 1.46. The van der Waals surface area contributed by atoms with Crippen LogP contribution in [0.25, 0.3) is 10.8 Å². The van der Waals surface area contributed by atoms with Gasteiger partial charge in [-0.2, -0.15) is 0 Å². The molecule has 2 aromatic carbocycles. The number of rotatable bonds is 1. The number of carboxylic acids is 1. The van der Waals surface area contributed by atoms with Crippen molar-refractivity contribution in [2.75, 3.05) is 0 Å². The number of phenols is 1. The van der Waals surface area contributed by atoms with Gasteiger partial charge in [0, 0.05) is 5.39 Å². The monoisotopic (exact) mass is 203 g/mol. The van der Waals surface area contributed by atoms with E-state index in [0.717, 1.165) is 6.07 Å². The maximum atomic E-state index is 11.4. The van der Waals surface area contributed by atoms with Crippen LogP contribution in [-0.4, -0.2) is 16.2 Å². The Hall–Kier alpha value is -2.23. The molecule has 2 N–H and O–H groups in total. The Morgan fingerprint density at radius 1 is 1.27 bits per heavy atom. The molecule has 0 aromatic heterocycles. The quantitative estimate of drug-likeness (QED) is 0.732. The highest BCUT2D eigenvalue weighted by atomic mass is 16.4. The summed E-state index contributed by atoms with van der Waals surface area (Å²) in [6.07, 6.45) is 0. The van der Waals surface area contributed by atoms with Crippen molar-refractivity contribution in [1.29, 1.82) is 0 Å². The summed E-state index contributed by atoms with van der Waals surface area (Å²) in [5.74, 6) is -1.75. The Morgan fingerprint density at radius 2 is 2.00 bits per heavy atom. The van der Waals surface area contributed by atoms with E-state index in [0.29, 0.717) is 5.39 Å². The Balaban J connectivity index is 2.84. The summed E-state index contributed by atoms with van der Waals surface area (Å²) in [4.78, 5) is 10.7. The van der Waals surface area contributed by atoms with Crippen LogP contribution in [-0.2, 0) is 0 Å². The summed E-state index contributed by atoms with van der Waals surface area (Å²) < 4.78 is 0. The van der Waals surface area contributed by atoms with E-state index in [2.05, 4.69) is 0 Å². The molecule has 2 rings (SSSR count). The molecule has 0 amide bonds. The van der Waals surface area contributed by atoms with Gasteiger partial charge in [0.15, 0.2) is 0 Å². The molecule has 0 radical (unpaired) electrons. The molecule has 0 spiro atoms. The third-order valence-electron chi connectivity index (χ3n) is 2.16. The van der Waals surface area contributed by atoms with E-state index in [-0.39, 0.29) is 22.4 Å². The number of fused-ring (bicyclic) bond motifs is 1. The minimum atomic E-state index is -1.14. The fourth-order valence-electron chi connectivity index (χ4n) is 1.49. The predicted molar refractivity (Wildman–Crippen MR) is 52.0 cm³/mol. The van der Waals surface area contributed by atoms with E-state index in [1.165, 1.54) is 18.2 Å². The summed E-state index contributed by atoms with van der Waals surface area (Å²) in [5, 5.41) is 30.2. The molecule has 0 atom stereocenters. The molecule has 0 aliphatic heterocycles. The lowest BCUT2D eigenvalue weighted by Gasteiger charge is -2.11. The van der Waals surface area contributed by atoms with Crippen LogP contribution >= 0.6 is 0 Å². The molecule has 76 valence electrons. The van der Waals surface area contributed by atoms with Crippen molar-refractivity contribution < 1.29 is 20.1 Å². The fraction of sp³-hybridized carbons (Fsp3) is 0. The van der Waals surface area contributed by atoms with Crippen LogP contribution in [0.15, 0.2) is 30.3 Å². The van der Waals surface area contributed by atoms with Crippen LogP contribution in [0.2, 0.25) is 0 Å². The number of benzene rings is 2. The lowest BCUT2D eigenvalue weighted by Crippen LogP contribution is -1.97. The normalized spacial score (nSPS) is 10.4. The first kappa shape index (κ1) is 9.33. The van der Waals surface area contributed by atoms with Crippen molar-refractivity contribution in [2.45, 2.75) is 0 Å². The van der Waals surface area contributed by atoms with Gasteiger partial charge in [-0.15, -0.1) is 0 Å². The van der Waals surface area contributed by atoms with E-state index < -0.39 is 5.97 Å². The standard InChI is InChI=1S/C11H8O4/c12-8-3-1-2-6-4-7(11(14)15)5-9(13)10(6)8/h1-5,12-13H,(H,14,15)/p-1. The molecular formula is C11H7O4-. The minimum Gasteiger partial charge on any atom is -0.872 e. The first-order valence-corrected chi connectivity index (χ1v) is 4.25. The van der Waals surface area contributed by atoms with Crippen molar-refractivity contribution in [2.24, 2.45) is 0 Å². The molecule has 0 bridgehead atoms. The molecule has 15 heavy (non-hydrogen) atoms. The predicted octanol–water partition coefficient (Wildman–Crippen LogP) is 1.32. The van der Waals surface area contributed by atoms with Crippen LogP contribution in [0.1, 0.15) is 10.4 Å². The highest BCUT2D eigenvalue weighted by molar-refractivity contribution is 5.99. The van der Waals surface area contributed by atoms with E-state index >= 15 is 0 Å². The first-order chi connectivity index (χ1) is 7.09. The Morgan fingerprint density at radius 3 is 2.67 bits per heavy atom. The van der Waals surface area contributed by atoms with Gasteiger partial charge >= 0.3 is 5.97 Å². The number of hydrogen-bond acceptors (Lipinski definition) is 3. The average molecular weight is 203 g/mol. The molecule has 0 fully saturated rings. The lowest BCUT2D eigenvalue weighted by molar-refractivity contribution is -0.265. The van der Waals surface area contributed by atoms with Gasteiger partial charge in [-0.3, -0.25) is 0 Å². The van der Waals surface area contributed by atoms with Gasteiger partial charge in [0.25, 0.3) is 0 Å². The maximum Gasteiger partial charge on any atom is 0.335 e. The zero-order chi connectivity index (χ0) is 11.0. The van der Waals surface area contributed by atoms with Gasteiger partial charge < -0.3 is 15.3 Å². The third-order valence-corrected chi connectivity index (χ3v) is 2.16. The van der Waals surface area contributed by atoms with Crippen LogP contribution in [0.3, 0.4) is 0 Å². The largest absolute Gasteiger partial charge is 0.872 e. The Labute approximate surface area is 85.0 Å². The number of aromatic hydroxyl groups is 1. The molecule has 0 aliphatic carbocycles. The highest BCUT2D eigenvalue weighted by Gasteiger charge is 2.08. The van der Waals surface area contributed by atoms with Gasteiger partial charge in [0.2, 0.25) is 0 Å². The zero-order valence-electron chi connectivity index (χ0n) is 7.60. The number of carbonyl (C=O) groups is 1. The van der Waals surface area contributed by atoms with E-state index in [9.17, 15) is 15.0 Å². The van der Waals surface area contributed by atoms with E-state index in [1.807, 2.05) is 0 Å². The molecule has 0 heterocycles. The summed E-state index contributed by atoms with van der Waals surface area (Å²) in [5.41, 5.74) is -0.0365. The number of aromatic carboxylic acids is 1. The molecule has 4 heteroatoms. The molecule has 0 saturated carbocycles. The summed E-state index contributed by atoms with van der Waals surface area (Å²) in [6, 6.07) is 6.87.